The van der Waals surface area contributed by atoms with Gasteiger partial charge in [0.25, 0.3) is 0 Å². The van der Waals surface area contributed by atoms with Crippen LogP contribution >= 0.6 is 0 Å². The van der Waals surface area contributed by atoms with E-state index < -0.39 is 31.5 Å². The number of carboxylic acids is 2. The summed E-state index contributed by atoms with van der Waals surface area (Å²) < 4.78 is 0. The number of carbonyl (C=O) groups excluding carboxylic acids is 2. The number of carboxylic acid groups (broad SMARTS) is 2. The van der Waals surface area contributed by atoms with Gasteiger partial charge in [-0.25, -0.2) is 0 Å². The first-order chi connectivity index (χ1) is 6.20. The number of hydrogen-bond acceptors (Lipinski definition) is 9. The maximum atomic E-state index is 9.63. The number of rotatable bonds is 3. The van der Waals surface area contributed by atoms with Crippen LogP contribution in [0.25, 0.3) is 0 Å². The van der Waals surface area contributed by atoms with Crippen molar-refractivity contribution in [2.45, 2.75) is 12.2 Å². The largest absolute Gasteiger partial charge is 3.00 e. The van der Waals surface area contributed by atoms with Crippen molar-refractivity contribution in [3.8, 4) is 0 Å². The van der Waals surface area contributed by atoms with E-state index in [2.05, 4.69) is 0 Å². The molecule has 0 aliphatic rings. The number of aliphatic hydroxyl groups is 2. The monoisotopic (exact) mass is 236 g/mol. The third-order valence-electron chi connectivity index (χ3n) is 0.782. The molecule has 11 heteroatoms. The van der Waals surface area contributed by atoms with Gasteiger partial charge < -0.3 is 45.1 Å². The van der Waals surface area contributed by atoms with Crippen molar-refractivity contribution in [3.05, 3.63) is 0 Å². The van der Waals surface area contributed by atoms with Gasteiger partial charge in [0, 0.05) is 0 Å². The Morgan fingerprint density at radius 1 is 1.00 bits per heavy atom. The van der Waals surface area contributed by atoms with Crippen LogP contribution in [-0.4, -0.2) is 69.1 Å². The van der Waals surface area contributed by atoms with Crippen LogP contribution in [-0.2, 0) is 9.59 Å². The van der Waals surface area contributed by atoms with Gasteiger partial charge >= 0.3 is 24.7 Å². The minimum Gasteiger partial charge on any atom is -0.832 e. The summed E-state index contributed by atoms with van der Waals surface area (Å²) in [7, 11) is -2.42. The van der Waals surface area contributed by atoms with Gasteiger partial charge in [0.1, 0.15) is 12.2 Å². The van der Waals surface area contributed by atoms with Crippen LogP contribution < -0.4 is 15.2 Å². The minimum atomic E-state index is -2.44. The Hall–Kier alpha value is -0.663. The van der Waals surface area contributed by atoms with Crippen molar-refractivity contribution < 1.29 is 45.1 Å². The molecule has 9 nitrogen and oxygen atoms in total. The van der Waals surface area contributed by atoms with E-state index >= 15 is 0 Å². The van der Waals surface area contributed by atoms with Crippen molar-refractivity contribution in [2.75, 3.05) is 0 Å². The van der Waals surface area contributed by atoms with Crippen molar-refractivity contribution in [2.24, 2.45) is 0 Å². The molecule has 0 rings (SSSR count). The van der Waals surface area contributed by atoms with Gasteiger partial charge in [-0.3, -0.25) is 0 Å². The smallest absolute Gasteiger partial charge is 0.832 e. The topological polar surface area (TPSA) is 184 Å². The summed E-state index contributed by atoms with van der Waals surface area (Å²) in [5.41, 5.74) is 0. The van der Waals surface area contributed by atoms with Gasteiger partial charge in [0.15, 0.2) is 0 Å². The van der Waals surface area contributed by atoms with Crippen LogP contribution in [0.15, 0.2) is 0 Å². The van der Waals surface area contributed by atoms with Gasteiger partial charge in [-0.1, -0.05) is 0 Å². The normalized spacial score (nSPS) is 12.3. The van der Waals surface area contributed by atoms with E-state index in [1.807, 2.05) is 0 Å². The Labute approximate surface area is 94.5 Å². The molecule has 0 aliphatic heterocycles. The van der Waals surface area contributed by atoms with Gasteiger partial charge in [-0.05, 0) is 0 Å². The van der Waals surface area contributed by atoms with E-state index in [4.69, 9.17) is 25.3 Å². The molecule has 0 saturated carbocycles. The molecule has 0 aromatic heterocycles. The summed E-state index contributed by atoms with van der Waals surface area (Å²) in [6.45, 7) is 0. The fourth-order valence-electron chi connectivity index (χ4n) is 0.258. The SMILES string of the molecule is O=C([O-])C(O)C(O)C(=O)[O-].[Al+3].[O-]B(O)O. The van der Waals surface area contributed by atoms with E-state index in [-0.39, 0.29) is 17.4 Å². The zero-order valence-electron chi connectivity index (χ0n) is 7.14. The molecular formula is C4H6AlBO9. The molecule has 0 heterocycles. The zero-order valence-corrected chi connectivity index (χ0v) is 8.29. The Balaban J connectivity index is -0.000000249. The fraction of sp³-hybridized carbons (Fsp3) is 0.500. The minimum absolute atomic E-state index is 0. The van der Waals surface area contributed by atoms with E-state index in [1.54, 1.807) is 0 Å². The van der Waals surface area contributed by atoms with E-state index in [9.17, 15) is 19.8 Å². The van der Waals surface area contributed by atoms with Crippen molar-refractivity contribution in [3.63, 3.8) is 0 Å². The van der Waals surface area contributed by atoms with E-state index in [1.165, 1.54) is 0 Å². The van der Waals surface area contributed by atoms with Crippen LogP contribution in [0.2, 0.25) is 0 Å². The zero-order chi connectivity index (χ0) is 11.9. The summed E-state index contributed by atoms with van der Waals surface area (Å²) in [5.74, 6) is -4.12. The summed E-state index contributed by atoms with van der Waals surface area (Å²) in [6, 6.07) is 0. The molecule has 0 aromatic rings. The van der Waals surface area contributed by atoms with Crippen molar-refractivity contribution in [1.82, 2.24) is 0 Å². The third-order valence-corrected chi connectivity index (χ3v) is 0.782. The van der Waals surface area contributed by atoms with E-state index in [0.29, 0.717) is 0 Å². The molecule has 4 N–H and O–H groups in total. The summed E-state index contributed by atoms with van der Waals surface area (Å²) in [6.07, 6.45) is -4.88. The quantitative estimate of drug-likeness (QED) is 0.345. The molecule has 2 unspecified atom stereocenters. The maximum absolute atomic E-state index is 9.63. The molecule has 0 saturated heterocycles. The predicted molar refractivity (Wildman–Crippen MR) is 38.0 cm³/mol. The van der Waals surface area contributed by atoms with Crippen LogP contribution in [0, 0.1) is 0 Å². The van der Waals surface area contributed by atoms with Crippen molar-refractivity contribution in [1.29, 1.82) is 0 Å². The second-order valence-corrected chi connectivity index (χ2v) is 1.85. The average molecular weight is 236 g/mol. The predicted octanol–water partition coefficient (Wildman–Crippen LogP) is -7.86. The van der Waals surface area contributed by atoms with Gasteiger partial charge in [-0.2, -0.15) is 0 Å². The molecule has 0 amide bonds. The molecule has 0 fully saturated rings. The number of aliphatic hydroxyl groups excluding tert-OH is 2. The number of hydrogen-bond donors (Lipinski definition) is 4. The standard InChI is InChI=1S/C4H6O6.Al.BH2O3/c5-1(3(7)8)2(6)4(9)10;;2-1(3)4/h1-2,5-6H,(H,7,8)(H,9,10);;2-3H/q;+3;-1/p-2. The summed E-state index contributed by atoms with van der Waals surface area (Å²) in [5, 5.41) is 58.5. The molecule has 0 aromatic carbocycles. The molecular weight excluding hydrogens is 230 g/mol. The molecule has 0 aliphatic carbocycles. The second-order valence-electron chi connectivity index (χ2n) is 1.85. The molecule has 0 bridgehead atoms. The van der Waals surface area contributed by atoms with Gasteiger partial charge in [0.2, 0.25) is 0 Å². The first-order valence-corrected chi connectivity index (χ1v) is 3.00. The average Bonchev–Trinajstić information content (AvgIpc) is 2.00. The number of carbonyl (C=O) groups is 2. The fourth-order valence-corrected chi connectivity index (χ4v) is 0.258. The Morgan fingerprint density at radius 2 is 1.13 bits per heavy atom. The first-order valence-electron chi connectivity index (χ1n) is 3.00. The summed E-state index contributed by atoms with van der Waals surface area (Å²) in [4.78, 5) is 19.3. The van der Waals surface area contributed by atoms with Gasteiger partial charge in [0.05, 0.1) is 11.9 Å². The number of aliphatic carboxylic acids is 2. The first kappa shape index (κ1) is 19.8. The third kappa shape index (κ3) is 13.3. The van der Waals surface area contributed by atoms with Crippen LogP contribution in [0.3, 0.4) is 0 Å². The second kappa shape index (κ2) is 9.88. The Morgan fingerprint density at radius 3 is 1.20 bits per heavy atom. The van der Waals surface area contributed by atoms with Gasteiger partial charge in [-0.15, -0.1) is 0 Å². The molecule has 0 spiro atoms. The molecule has 15 heavy (non-hydrogen) atoms. The van der Waals surface area contributed by atoms with Crippen LogP contribution in [0.5, 0.6) is 0 Å². The Kier molecular flexibility index (Phi) is 13.1. The molecule has 2 atom stereocenters. The van der Waals surface area contributed by atoms with Crippen LogP contribution in [0.4, 0.5) is 0 Å². The summed E-state index contributed by atoms with van der Waals surface area (Å²) >= 11 is 0. The maximum Gasteiger partial charge on any atom is 3.00 e. The van der Waals surface area contributed by atoms with E-state index in [0.717, 1.165) is 0 Å². The Bertz CT molecular complexity index is 176. The van der Waals surface area contributed by atoms with Crippen molar-refractivity contribution >= 4 is 36.6 Å². The molecule has 0 radical (unpaired) electrons. The van der Waals surface area contributed by atoms with Crippen LogP contribution in [0.1, 0.15) is 0 Å². The molecule has 82 valence electrons.